The quantitative estimate of drug-likeness (QED) is 0.835. The van der Waals surface area contributed by atoms with E-state index in [0.717, 1.165) is 12.1 Å². The Balaban J connectivity index is 1.98. The summed E-state index contributed by atoms with van der Waals surface area (Å²) in [5.41, 5.74) is 2.33. The molecule has 1 aromatic carbocycles. The van der Waals surface area contributed by atoms with Crippen molar-refractivity contribution in [3.63, 3.8) is 0 Å². The highest BCUT2D eigenvalue weighted by Crippen LogP contribution is 2.25. The van der Waals surface area contributed by atoms with Crippen LogP contribution in [0.15, 0.2) is 24.3 Å². The van der Waals surface area contributed by atoms with Crippen molar-refractivity contribution in [1.82, 2.24) is 0 Å². The van der Waals surface area contributed by atoms with Crippen molar-refractivity contribution in [3.05, 3.63) is 29.8 Å². The van der Waals surface area contributed by atoms with Crippen LogP contribution < -0.4 is 5.32 Å². The molecule has 0 saturated carbocycles. The van der Waals surface area contributed by atoms with Gasteiger partial charge >= 0.3 is 5.97 Å². The lowest BCUT2D eigenvalue weighted by atomic mass is 9.94. The first-order valence-electron chi connectivity index (χ1n) is 6.60. The van der Waals surface area contributed by atoms with Gasteiger partial charge in [0.15, 0.2) is 0 Å². The molecular formula is C15H21NO2. The van der Waals surface area contributed by atoms with Crippen LogP contribution in [0.5, 0.6) is 0 Å². The van der Waals surface area contributed by atoms with Crippen molar-refractivity contribution in [2.24, 2.45) is 11.8 Å². The highest BCUT2D eigenvalue weighted by atomic mass is 16.5. The van der Waals surface area contributed by atoms with Gasteiger partial charge in [-0.25, -0.2) is 0 Å². The number of carbonyl (C=O) groups is 1. The fourth-order valence-electron chi connectivity index (χ4n) is 2.02. The number of hydrogen-bond donors (Lipinski definition) is 1. The second kappa shape index (κ2) is 5.42. The number of esters is 1. The normalized spacial score (nSPS) is 19.9. The first-order valence-corrected chi connectivity index (χ1v) is 6.60. The third kappa shape index (κ3) is 2.84. The lowest BCUT2D eigenvalue weighted by Crippen LogP contribution is -2.33. The second-order valence-electron chi connectivity index (χ2n) is 5.33. The van der Waals surface area contributed by atoms with Crippen LogP contribution in [0.2, 0.25) is 0 Å². The Labute approximate surface area is 109 Å². The first kappa shape index (κ1) is 12.9. The summed E-state index contributed by atoms with van der Waals surface area (Å²) in [6.45, 7) is 6.74. The molecule has 0 aromatic heterocycles. The van der Waals surface area contributed by atoms with Crippen LogP contribution in [0.3, 0.4) is 0 Å². The lowest BCUT2D eigenvalue weighted by Gasteiger charge is -2.26. The molecule has 0 bridgehead atoms. The molecule has 1 heterocycles. The molecule has 18 heavy (non-hydrogen) atoms. The van der Waals surface area contributed by atoms with E-state index in [2.05, 4.69) is 25.2 Å². The van der Waals surface area contributed by atoms with E-state index in [1.807, 2.05) is 25.1 Å². The Morgan fingerprint density at radius 3 is 2.78 bits per heavy atom. The van der Waals surface area contributed by atoms with Crippen molar-refractivity contribution in [3.8, 4) is 0 Å². The number of fused-ring (bicyclic) bond motifs is 1. The number of hydrogen-bond acceptors (Lipinski definition) is 3. The van der Waals surface area contributed by atoms with Gasteiger partial charge < -0.3 is 10.1 Å². The molecule has 0 saturated heterocycles. The van der Waals surface area contributed by atoms with Crippen molar-refractivity contribution in [1.29, 1.82) is 0 Å². The van der Waals surface area contributed by atoms with Gasteiger partial charge in [-0.1, -0.05) is 32.0 Å². The summed E-state index contributed by atoms with van der Waals surface area (Å²) in [6, 6.07) is 8.12. The van der Waals surface area contributed by atoms with Gasteiger partial charge in [0, 0.05) is 12.2 Å². The predicted octanol–water partition coefficient (Wildman–Crippen LogP) is 2.86. The van der Waals surface area contributed by atoms with Crippen molar-refractivity contribution in [2.75, 3.05) is 11.9 Å². The van der Waals surface area contributed by atoms with Gasteiger partial charge in [0.25, 0.3) is 0 Å². The number of ether oxygens (including phenoxy) is 1. The van der Waals surface area contributed by atoms with E-state index in [-0.39, 0.29) is 18.0 Å². The van der Waals surface area contributed by atoms with Gasteiger partial charge in [-0.2, -0.15) is 0 Å². The Morgan fingerprint density at radius 2 is 2.06 bits per heavy atom. The molecule has 1 aromatic rings. The molecule has 2 atom stereocenters. The maximum Gasteiger partial charge on any atom is 0.311 e. The zero-order chi connectivity index (χ0) is 13.1. The Kier molecular flexibility index (Phi) is 3.90. The number of anilines is 1. The van der Waals surface area contributed by atoms with Gasteiger partial charge in [0.2, 0.25) is 0 Å². The van der Waals surface area contributed by atoms with E-state index in [0.29, 0.717) is 12.5 Å². The van der Waals surface area contributed by atoms with E-state index in [4.69, 9.17) is 4.74 Å². The number of para-hydroxylation sites is 1. The fourth-order valence-corrected chi connectivity index (χ4v) is 2.02. The van der Waals surface area contributed by atoms with Crippen molar-refractivity contribution >= 4 is 11.7 Å². The van der Waals surface area contributed by atoms with Crippen LogP contribution in [0.4, 0.5) is 5.69 Å². The minimum Gasteiger partial charge on any atom is -0.462 e. The summed E-state index contributed by atoms with van der Waals surface area (Å²) >= 11 is 0. The van der Waals surface area contributed by atoms with Crippen LogP contribution in [0.1, 0.15) is 26.3 Å². The molecule has 2 rings (SSSR count). The molecule has 1 aliphatic rings. The highest BCUT2D eigenvalue weighted by Gasteiger charge is 2.27. The molecule has 1 N–H and O–H groups in total. The van der Waals surface area contributed by atoms with Crippen LogP contribution in [-0.4, -0.2) is 18.6 Å². The standard InChI is InChI=1S/C15H21NO2/c1-10(2)11(3)18-15(17)13-8-12-6-4-5-7-14(12)16-9-13/h4-7,10-11,13,16H,8-9H2,1-3H3. The number of benzene rings is 1. The SMILES string of the molecule is CC(C)C(C)OC(=O)C1CNc2ccccc2C1. The fraction of sp³-hybridized carbons (Fsp3) is 0.533. The number of nitrogens with one attached hydrogen (secondary N) is 1. The molecule has 0 amide bonds. The molecule has 1 aliphatic heterocycles. The largest absolute Gasteiger partial charge is 0.462 e. The Morgan fingerprint density at radius 1 is 1.33 bits per heavy atom. The average Bonchev–Trinajstić information content (AvgIpc) is 2.37. The van der Waals surface area contributed by atoms with Crippen LogP contribution in [0.25, 0.3) is 0 Å². The second-order valence-corrected chi connectivity index (χ2v) is 5.33. The zero-order valence-electron chi connectivity index (χ0n) is 11.3. The summed E-state index contributed by atoms with van der Waals surface area (Å²) in [7, 11) is 0. The maximum atomic E-state index is 12.1. The summed E-state index contributed by atoms with van der Waals surface area (Å²) in [4.78, 5) is 12.1. The van der Waals surface area contributed by atoms with Gasteiger partial charge in [0.1, 0.15) is 6.10 Å². The summed E-state index contributed by atoms with van der Waals surface area (Å²) in [5.74, 6) is 0.206. The highest BCUT2D eigenvalue weighted by molar-refractivity contribution is 5.75. The van der Waals surface area contributed by atoms with Crippen LogP contribution >= 0.6 is 0 Å². The minimum atomic E-state index is -0.0850. The molecule has 3 nitrogen and oxygen atoms in total. The zero-order valence-corrected chi connectivity index (χ0v) is 11.3. The Bertz CT molecular complexity index is 428. The number of rotatable bonds is 3. The lowest BCUT2D eigenvalue weighted by molar-refractivity contribution is -0.154. The molecule has 0 fully saturated rings. The molecule has 0 radical (unpaired) electrons. The van der Waals surface area contributed by atoms with Crippen molar-refractivity contribution in [2.45, 2.75) is 33.3 Å². The molecule has 2 unspecified atom stereocenters. The summed E-state index contributed by atoms with van der Waals surface area (Å²) in [6.07, 6.45) is 0.752. The average molecular weight is 247 g/mol. The van der Waals surface area contributed by atoms with Gasteiger partial charge in [-0.3, -0.25) is 4.79 Å². The monoisotopic (exact) mass is 247 g/mol. The molecular weight excluding hydrogens is 226 g/mol. The number of carbonyl (C=O) groups excluding carboxylic acids is 1. The molecule has 0 spiro atoms. The third-order valence-electron chi connectivity index (χ3n) is 3.60. The van der Waals surface area contributed by atoms with Gasteiger partial charge in [-0.05, 0) is 30.9 Å². The molecule has 98 valence electrons. The third-order valence-corrected chi connectivity index (χ3v) is 3.60. The van der Waals surface area contributed by atoms with Crippen molar-refractivity contribution < 1.29 is 9.53 Å². The van der Waals surface area contributed by atoms with Crippen LogP contribution in [-0.2, 0) is 16.0 Å². The maximum absolute atomic E-state index is 12.1. The predicted molar refractivity (Wildman–Crippen MR) is 72.5 cm³/mol. The van der Waals surface area contributed by atoms with Gasteiger partial charge in [0.05, 0.1) is 5.92 Å². The van der Waals surface area contributed by atoms with E-state index in [1.54, 1.807) is 0 Å². The smallest absolute Gasteiger partial charge is 0.311 e. The van der Waals surface area contributed by atoms with Gasteiger partial charge in [-0.15, -0.1) is 0 Å². The topological polar surface area (TPSA) is 38.3 Å². The van der Waals surface area contributed by atoms with E-state index in [9.17, 15) is 4.79 Å². The first-order chi connectivity index (χ1) is 8.58. The Hall–Kier alpha value is -1.51. The van der Waals surface area contributed by atoms with E-state index < -0.39 is 0 Å². The summed E-state index contributed by atoms with van der Waals surface area (Å²) in [5, 5.41) is 3.30. The van der Waals surface area contributed by atoms with E-state index in [1.165, 1.54) is 5.56 Å². The minimum absolute atomic E-state index is 0.0188. The molecule has 3 heteroatoms. The summed E-state index contributed by atoms with van der Waals surface area (Å²) < 4.78 is 5.49. The molecule has 0 aliphatic carbocycles. The van der Waals surface area contributed by atoms with E-state index >= 15 is 0 Å². The van der Waals surface area contributed by atoms with Crippen LogP contribution in [0, 0.1) is 11.8 Å².